The minimum absolute atomic E-state index is 0.0285. The predicted molar refractivity (Wildman–Crippen MR) is 48.5 cm³/mol. The number of aliphatic hydroxyl groups excluding tert-OH is 1. The monoisotopic (exact) mass is 235 g/mol. The van der Waals surface area contributed by atoms with E-state index in [9.17, 15) is 18.9 Å². The Morgan fingerprint density at radius 3 is 2.40 bits per heavy atom. The fourth-order valence-electron chi connectivity index (χ4n) is 0.690. The van der Waals surface area contributed by atoms with Crippen molar-refractivity contribution >= 4 is 25.9 Å². The van der Waals surface area contributed by atoms with Crippen LogP contribution in [0.4, 0.5) is 0 Å². The van der Waals surface area contributed by atoms with Crippen LogP contribution in [0.2, 0.25) is 0 Å². The number of amides is 1. The van der Waals surface area contributed by atoms with Gasteiger partial charge in [0.1, 0.15) is 0 Å². The highest BCUT2D eigenvalue weighted by atomic mass is 31.1. The molecule has 0 aliphatic rings. The molecule has 1 atom stereocenters. The minimum atomic E-state index is -1.75. The van der Waals surface area contributed by atoms with Gasteiger partial charge in [-0.1, -0.05) is 0 Å². The van der Waals surface area contributed by atoms with Gasteiger partial charge in [0.25, 0.3) is 0 Å². The molecule has 0 radical (unpaired) electrons. The van der Waals surface area contributed by atoms with E-state index in [4.69, 9.17) is 10.2 Å². The summed E-state index contributed by atoms with van der Waals surface area (Å²) in [6, 6.07) is 0. The van der Waals surface area contributed by atoms with E-state index in [1.807, 2.05) is 0 Å². The van der Waals surface area contributed by atoms with Crippen molar-refractivity contribution in [2.45, 2.75) is 18.9 Å². The van der Waals surface area contributed by atoms with Gasteiger partial charge in [-0.05, 0) is 0 Å². The van der Waals surface area contributed by atoms with Crippen molar-refractivity contribution in [3.05, 3.63) is 0 Å². The third-order valence-electron chi connectivity index (χ3n) is 1.43. The first-order chi connectivity index (χ1) is 6.97. The molecule has 84 valence electrons. The minimum Gasteiger partial charge on any atom is -0.479 e. The fraction of sp³-hybridized carbons (Fsp3) is 0.571. The Morgan fingerprint density at radius 2 is 1.93 bits per heavy atom. The smallest absolute Gasteiger partial charge is 0.333 e. The van der Waals surface area contributed by atoms with Crippen LogP contribution < -0.4 is 5.32 Å². The van der Waals surface area contributed by atoms with Gasteiger partial charge in [0.15, 0.2) is 6.10 Å². The SMILES string of the molecule is O=PC(=O)CCNC(=O)C[C@H](O)C(=O)O. The molecule has 0 saturated carbocycles. The van der Waals surface area contributed by atoms with Gasteiger partial charge in [0, 0.05) is 13.0 Å². The third-order valence-corrected chi connectivity index (χ3v) is 1.85. The summed E-state index contributed by atoms with van der Waals surface area (Å²) in [7, 11) is -0.623. The van der Waals surface area contributed by atoms with Crippen LogP contribution in [0.5, 0.6) is 0 Å². The molecule has 0 fully saturated rings. The molecule has 7 nitrogen and oxygen atoms in total. The van der Waals surface area contributed by atoms with E-state index in [2.05, 4.69) is 5.32 Å². The van der Waals surface area contributed by atoms with Crippen LogP contribution in [0.1, 0.15) is 12.8 Å². The largest absolute Gasteiger partial charge is 0.479 e. The number of rotatable bonds is 7. The van der Waals surface area contributed by atoms with Crippen LogP contribution in [0, 0.1) is 0 Å². The van der Waals surface area contributed by atoms with E-state index in [0.29, 0.717) is 0 Å². The number of carboxylic acids is 1. The highest BCUT2D eigenvalue weighted by molar-refractivity contribution is 7.46. The average Bonchev–Trinajstić information content (AvgIpc) is 2.17. The molecule has 15 heavy (non-hydrogen) atoms. The van der Waals surface area contributed by atoms with Crippen molar-refractivity contribution in [2.24, 2.45) is 0 Å². The van der Waals surface area contributed by atoms with E-state index in [-0.39, 0.29) is 13.0 Å². The zero-order valence-electron chi connectivity index (χ0n) is 7.67. The number of nitrogens with one attached hydrogen (secondary N) is 1. The Bertz CT molecular complexity index is 279. The van der Waals surface area contributed by atoms with Crippen molar-refractivity contribution in [1.82, 2.24) is 5.32 Å². The molecular weight excluding hydrogens is 225 g/mol. The van der Waals surface area contributed by atoms with Gasteiger partial charge in [-0.15, -0.1) is 0 Å². The van der Waals surface area contributed by atoms with Gasteiger partial charge in [-0.2, -0.15) is 0 Å². The zero-order valence-corrected chi connectivity index (χ0v) is 8.57. The Kier molecular flexibility index (Phi) is 6.40. The van der Waals surface area contributed by atoms with E-state index in [0.717, 1.165) is 0 Å². The summed E-state index contributed by atoms with van der Waals surface area (Å²) in [6.07, 6.45) is -2.42. The van der Waals surface area contributed by atoms with E-state index in [1.165, 1.54) is 0 Å². The molecule has 0 aliphatic carbocycles. The Balaban J connectivity index is 3.71. The number of aliphatic hydroxyl groups is 1. The molecule has 0 aromatic heterocycles. The van der Waals surface area contributed by atoms with Crippen LogP contribution in [-0.2, 0) is 18.9 Å². The first kappa shape index (κ1) is 13.7. The number of carbonyl (C=O) groups excluding carboxylic acids is 2. The van der Waals surface area contributed by atoms with Gasteiger partial charge >= 0.3 is 5.97 Å². The van der Waals surface area contributed by atoms with Crippen LogP contribution in [0.15, 0.2) is 0 Å². The molecule has 0 bridgehead atoms. The highest BCUT2D eigenvalue weighted by Crippen LogP contribution is 1.97. The molecule has 0 aromatic carbocycles. The molecule has 0 aliphatic heterocycles. The second kappa shape index (κ2) is 7.03. The molecule has 0 unspecified atom stereocenters. The second-order valence-corrected chi connectivity index (χ2v) is 3.32. The summed E-state index contributed by atoms with van der Waals surface area (Å²) < 4.78 is 9.96. The summed E-state index contributed by atoms with van der Waals surface area (Å²) in [5, 5.41) is 19.2. The maximum atomic E-state index is 10.9. The van der Waals surface area contributed by atoms with Crippen molar-refractivity contribution in [3.63, 3.8) is 0 Å². The van der Waals surface area contributed by atoms with Crippen molar-refractivity contribution in [3.8, 4) is 0 Å². The molecule has 8 heteroatoms. The summed E-state index contributed by atoms with van der Waals surface area (Å²) in [5.74, 6) is -2.17. The lowest BCUT2D eigenvalue weighted by atomic mass is 10.2. The number of hydrogen-bond acceptors (Lipinski definition) is 5. The van der Waals surface area contributed by atoms with Gasteiger partial charge in [0.2, 0.25) is 19.9 Å². The standard InChI is InChI=1S/C7H10NO6P/c9-4(7(12)13)3-5(10)8-2-1-6(11)15-14/h4,9H,1-3H2,(H,8,10)(H,12,13)/t4-/m0/s1. The second-order valence-electron chi connectivity index (χ2n) is 2.64. The average molecular weight is 235 g/mol. The highest BCUT2D eigenvalue weighted by Gasteiger charge is 2.17. The summed E-state index contributed by atoms with van der Waals surface area (Å²) in [5.41, 5.74) is -0.561. The lowest BCUT2D eigenvalue weighted by Gasteiger charge is -2.05. The molecule has 1 amide bonds. The van der Waals surface area contributed by atoms with E-state index in [1.54, 1.807) is 0 Å². The molecule has 0 saturated heterocycles. The maximum Gasteiger partial charge on any atom is 0.333 e. The summed E-state index contributed by atoms with van der Waals surface area (Å²) in [6.45, 7) is -0.0285. The first-order valence-electron chi connectivity index (χ1n) is 4.01. The van der Waals surface area contributed by atoms with Gasteiger partial charge in [-0.3, -0.25) is 14.2 Å². The lowest BCUT2D eigenvalue weighted by Crippen LogP contribution is -2.32. The number of hydrogen-bond donors (Lipinski definition) is 3. The Morgan fingerprint density at radius 1 is 1.33 bits per heavy atom. The number of carboxylic acid groups (broad SMARTS) is 1. The number of carbonyl (C=O) groups is 3. The Hall–Kier alpha value is -1.33. The maximum absolute atomic E-state index is 10.9. The van der Waals surface area contributed by atoms with Crippen molar-refractivity contribution in [2.75, 3.05) is 6.54 Å². The Labute approximate surface area is 86.7 Å². The summed E-state index contributed by atoms with van der Waals surface area (Å²) >= 11 is 0. The van der Waals surface area contributed by atoms with E-state index >= 15 is 0 Å². The molecule has 0 heterocycles. The summed E-state index contributed by atoms with van der Waals surface area (Å²) in [4.78, 5) is 31.5. The zero-order chi connectivity index (χ0) is 11.8. The van der Waals surface area contributed by atoms with Crippen LogP contribution >= 0.6 is 8.46 Å². The van der Waals surface area contributed by atoms with Crippen molar-refractivity contribution < 1.29 is 29.2 Å². The normalized spacial score (nSPS) is 12.1. The van der Waals surface area contributed by atoms with Crippen LogP contribution in [0.3, 0.4) is 0 Å². The predicted octanol–water partition coefficient (Wildman–Crippen LogP) is -0.853. The quantitative estimate of drug-likeness (QED) is 0.494. The third kappa shape index (κ3) is 6.70. The molecule has 0 aromatic rings. The van der Waals surface area contributed by atoms with Gasteiger partial charge in [0.05, 0.1) is 6.42 Å². The molecule has 0 rings (SSSR count). The van der Waals surface area contributed by atoms with Crippen LogP contribution in [-0.4, -0.2) is 40.3 Å². The van der Waals surface area contributed by atoms with Crippen LogP contribution in [0.25, 0.3) is 0 Å². The van der Waals surface area contributed by atoms with Gasteiger partial charge in [-0.25, -0.2) is 4.79 Å². The topological polar surface area (TPSA) is 121 Å². The first-order valence-corrected chi connectivity index (χ1v) is 4.82. The van der Waals surface area contributed by atoms with E-state index < -0.39 is 38.4 Å². The van der Waals surface area contributed by atoms with Gasteiger partial charge < -0.3 is 15.5 Å². The van der Waals surface area contributed by atoms with Crippen molar-refractivity contribution in [1.29, 1.82) is 0 Å². The molecule has 3 N–H and O–H groups in total. The molecular formula is C7H10NO6P. The lowest BCUT2D eigenvalue weighted by molar-refractivity contribution is -0.149. The number of aliphatic carboxylic acids is 1. The molecule has 0 spiro atoms. The fourth-order valence-corrected chi connectivity index (χ4v) is 0.893.